The van der Waals surface area contributed by atoms with Gasteiger partial charge in [0.2, 0.25) is 0 Å². The molecular weight excluding hydrogens is 348 g/mol. The van der Waals surface area contributed by atoms with Crippen molar-refractivity contribution in [2.75, 3.05) is 7.05 Å². The molecule has 3 aromatic carbocycles. The Hall–Kier alpha value is -3.31. The number of rotatable bonds is 0. The minimum Gasteiger partial charge on any atom is -0.348 e. The molecule has 4 heterocycles. The van der Waals surface area contributed by atoms with E-state index in [0.717, 1.165) is 29.9 Å². The molecule has 7 rings (SSSR count). The average Bonchev–Trinajstić information content (AvgIpc) is 3.30. The van der Waals surface area contributed by atoms with Crippen LogP contribution in [0.4, 0.5) is 0 Å². The molecule has 0 unspecified atom stereocenters. The lowest BCUT2D eigenvalue weighted by Gasteiger charge is -2.17. The molecule has 28 heavy (non-hydrogen) atoms. The van der Waals surface area contributed by atoms with Crippen molar-refractivity contribution in [1.29, 1.82) is 0 Å². The first-order valence-corrected chi connectivity index (χ1v) is 9.67. The van der Waals surface area contributed by atoms with Crippen LogP contribution in [0, 0.1) is 0 Å². The van der Waals surface area contributed by atoms with Gasteiger partial charge in [-0.05, 0) is 24.7 Å². The summed E-state index contributed by atoms with van der Waals surface area (Å²) in [5.41, 5.74) is 6.88. The molecule has 0 fully saturated rings. The number of nitrogens with one attached hydrogen (secondary N) is 1. The van der Waals surface area contributed by atoms with Crippen LogP contribution in [0.1, 0.15) is 15.9 Å². The minimum absolute atomic E-state index is 0.0502. The summed E-state index contributed by atoms with van der Waals surface area (Å²) in [6, 6.07) is 17.1. The van der Waals surface area contributed by atoms with Gasteiger partial charge in [0.05, 0.1) is 41.0 Å². The first kappa shape index (κ1) is 14.7. The quantitative estimate of drug-likeness (QED) is 0.450. The second kappa shape index (κ2) is 4.75. The van der Waals surface area contributed by atoms with E-state index in [4.69, 9.17) is 0 Å². The van der Waals surface area contributed by atoms with Gasteiger partial charge < -0.3 is 14.5 Å². The number of aromatic nitrogens is 2. The van der Waals surface area contributed by atoms with Crippen LogP contribution in [-0.4, -0.2) is 27.0 Å². The highest BCUT2D eigenvalue weighted by Gasteiger charge is 2.33. The highest BCUT2D eigenvalue weighted by Crippen LogP contribution is 2.45. The molecule has 2 aliphatic heterocycles. The molecule has 0 radical (unpaired) electrons. The number of amides is 1. The Bertz CT molecular complexity index is 1500. The van der Waals surface area contributed by atoms with Gasteiger partial charge >= 0.3 is 0 Å². The molecule has 0 aliphatic carbocycles. The largest absolute Gasteiger partial charge is 0.348 e. The fourth-order valence-corrected chi connectivity index (χ4v) is 5.44. The van der Waals surface area contributed by atoms with Crippen molar-refractivity contribution < 1.29 is 4.79 Å². The molecule has 0 spiro atoms. The molecule has 5 aromatic rings. The number of para-hydroxylation sites is 2. The third-order valence-corrected chi connectivity index (χ3v) is 6.44. The van der Waals surface area contributed by atoms with Crippen molar-refractivity contribution in [3.05, 3.63) is 59.7 Å². The van der Waals surface area contributed by atoms with Gasteiger partial charge in [0.25, 0.3) is 5.91 Å². The fraction of sp³-hybridized carbons (Fsp3) is 0.174. The van der Waals surface area contributed by atoms with E-state index < -0.39 is 0 Å². The van der Waals surface area contributed by atoms with E-state index in [1.165, 1.54) is 38.2 Å². The van der Waals surface area contributed by atoms with Crippen molar-refractivity contribution in [3.8, 4) is 0 Å². The average molecular weight is 366 g/mol. The Balaban J connectivity index is 1.92. The van der Waals surface area contributed by atoms with Gasteiger partial charge in [-0.2, -0.15) is 0 Å². The summed E-state index contributed by atoms with van der Waals surface area (Å²) >= 11 is 0. The van der Waals surface area contributed by atoms with Gasteiger partial charge in [-0.25, -0.2) is 0 Å². The van der Waals surface area contributed by atoms with E-state index in [1.807, 2.05) is 0 Å². The van der Waals surface area contributed by atoms with Gasteiger partial charge in [0.15, 0.2) is 0 Å². The maximum absolute atomic E-state index is 12.9. The molecule has 2 aromatic heterocycles. The molecule has 2 aliphatic rings. The maximum atomic E-state index is 12.9. The number of fused-ring (bicyclic) bond motifs is 9. The highest BCUT2D eigenvalue weighted by atomic mass is 16.1. The Morgan fingerprint density at radius 1 is 0.821 bits per heavy atom. The smallest absolute Gasteiger partial charge is 0.252 e. The standard InChI is InChI=1S/C23H18N4O/c1-25-11-26-16-8-4-2-6-13(16)18-15-10-24-23(28)20(15)19-14-7-3-5-9-17(14)27(12-25)22(19)21(18)26/h2-9H,10-12H2,1H3,(H,24,28). The lowest BCUT2D eigenvalue weighted by Crippen LogP contribution is -2.22. The zero-order valence-electron chi connectivity index (χ0n) is 15.5. The molecular formula is C23H18N4O. The van der Waals surface area contributed by atoms with Gasteiger partial charge in [-0.1, -0.05) is 36.4 Å². The van der Waals surface area contributed by atoms with Crippen LogP contribution in [0.25, 0.3) is 43.6 Å². The maximum Gasteiger partial charge on any atom is 0.252 e. The Morgan fingerprint density at radius 3 is 2.07 bits per heavy atom. The van der Waals surface area contributed by atoms with Crippen molar-refractivity contribution in [1.82, 2.24) is 19.4 Å². The first-order chi connectivity index (χ1) is 13.7. The Morgan fingerprint density at radius 2 is 1.39 bits per heavy atom. The molecule has 0 saturated carbocycles. The van der Waals surface area contributed by atoms with Crippen LogP contribution < -0.4 is 5.32 Å². The van der Waals surface area contributed by atoms with Crippen LogP contribution in [-0.2, 0) is 19.9 Å². The van der Waals surface area contributed by atoms with Gasteiger partial charge in [-0.15, -0.1) is 0 Å². The van der Waals surface area contributed by atoms with Crippen molar-refractivity contribution >= 4 is 49.5 Å². The summed E-state index contributed by atoms with van der Waals surface area (Å²) in [4.78, 5) is 15.3. The van der Waals surface area contributed by atoms with Crippen molar-refractivity contribution in [2.45, 2.75) is 19.9 Å². The number of nitrogens with zero attached hydrogens (tertiary/aromatic N) is 3. The monoisotopic (exact) mass is 366 g/mol. The van der Waals surface area contributed by atoms with Crippen LogP contribution in [0.2, 0.25) is 0 Å². The summed E-state index contributed by atoms with van der Waals surface area (Å²) in [6.45, 7) is 2.23. The highest BCUT2D eigenvalue weighted by molar-refractivity contribution is 6.30. The predicted octanol–water partition coefficient (Wildman–Crippen LogP) is 4.01. The molecule has 0 atom stereocenters. The number of carbonyl (C=O) groups excluding carboxylic acids is 1. The molecule has 0 bridgehead atoms. The van der Waals surface area contributed by atoms with E-state index in [-0.39, 0.29) is 5.91 Å². The van der Waals surface area contributed by atoms with Crippen molar-refractivity contribution in [3.63, 3.8) is 0 Å². The van der Waals surface area contributed by atoms with E-state index in [9.17, 15) is 4.79 Å². The minimum atomic E-state index is 0.0502. The van der Waals surface area contributed by atoms with Gasteiger partial charge in [-0.3, -0.25) is 9.69 Å². The van der Waals surface area contributed by atoms with Crippen LogP contribution in [0.3, 0.4) is 0 Å². The fourth-order valence-electron chi connectivity index (χ4n) is 5.44. The summed E-state index contributed by atoms with van der Waals surface area (Å²) in [5.74, 6) is 0.0502. The second-order valence-corrected chi connectivity index (χ2v) is 8.01. The molecule has 136 valence electrons. The van der Waals surface area contributed by atoms with E-state index >= 15 is 0 Å². The van der Waals surface area contributed by atoms with Crippen LogP contribution in [0.15, 0.2) is 48.5 Å². The Labute approximate surface area is 160 Å². The van der Waals surface area contributed by atoms with Crippen molar-refractivity contribution in [2.24, 2.45) is 0 Å². The number of hydrogen-bond donors (Lipinski definition) is 1. The summed E-state index contributed by atoms with van der Waals surface area (Å²) in [7, 11) is 2.16. The summed E-state index contributed by atoms with van der Waals surface area (Å²) in [5, 5.41) is 7.83. The molecule has 1 N–H and O–H groups in total. The third-order valence-electron chi connectivity index (χ3n) is 6.44. The molecule has 5 heteroatoms. The van der Waals surface area contributed by atoms with Gasteiger partial charge in [0.1, 0.15) is 0 Å². The number of hydrogen-bond acceptors (Lipinski definition) is 2. The molecule has 1 amide bonds. The van der Waals surface area contributed by atoms with Crippen LogP contribution >= 0.6 is 0 Å². The predicted molar refractivity (Wildman–Crippen MR) is 111 cm³/mol. The second-order valence-electron chi connectivity index (χ2n) is 8.01. The van der Waals surface area contributed by atoms with E-state index in [0.29, 0.717) is 6.54 Å². The zero-order chi connectivity index (χ0) is 18.6. The SMILES string of the molecule is CN1Cn2c3ccccc3c3c4c(c5c6ccccc6n(c5c32)C1)C(=O)NC4. The van der Waals surface area contributed by atoms with E-state index in [2.05, 4.69) is 74.9 Å². The summed E-state index contributed by atoms with van der Waals surface area (Å²) < 4.78 is 4.82. The molecule has 0 saturated heterocycles. The Kier molecular flexibility index (Phi) is 2.49. The lowest BCUT2D eigenvalue weighted by molar-refractivity contribution is 0.0967. The zero-order valence-corrected chi connectivity index (χ0v) is 15.5. The summed E-state index contributed by atoms with van der Waals surface area (Å²) in [6.07, 6.45) is 0. The molecule has 5 nitrogen and oxygen atoms in total. The van der Waals surface area contributed by atoms with Crippen LogP contribution in [0.5, 0.6) is 0 Å². The van der Waals surface area contributed by atoms with E-state index in [1.54, 1.807) is 0 Å². The third kappa shape index (κ3) is 1.52. The normalized spacial score (nSPS) is 16.5. The number of benzene rings is 3. The van der Waals surface area contributed by atoms with Gasteiger partial charge in [0, 0.05) is 28.1 Å². The lowest BCUT2D eigenvalue weighted by atomic mass is 9.97. The number of carbonyl (C=O) groups is 1. The topological polar surface area (TPSA) is 42.2 Å². The first-order valence-electron chi connectivity index (χ1n) is 9.67.